The molecule has 0 aromatic rings. The molecule has 2 saturated carbocycles. The van der Waals surface area contributed by atoms with Crippen LogP contribution in [0.15, 0.2) is 0 Å². The molecule has 132 valence electrons. The van der Waals surface area contributed by atoms with Crippen LogP contribution in [-0.4, -0.2) is 43.4 Å². The van der Waals surface area contributed by atoms with Crippen LogP contribution >= 0.6 is 31.9 Å². The maximum absolute atomic E-state index is 13.3. The smallest absolute Gasteiger partial charge is 0.229 e. The molecule has 23 heavy (non-hydrogen) atoms. The quantitative estimate of drug-likeness (QED) is 0.482. The zero-order chi connectivity index (χ0) is 17.4. The molecule has 6 unspecified atom stereocenters. The predicted octanol–water partition coefficient (Wildman–Crippen LogP) is 2.07. The Morgan fingerprint density at radius 1 is 1.00 bits per heavy atom. The molecule has 0 aliphatic heterocycles. The number of carbonyl (C=O) groups excluding carboxylic acids is 2. The number of nitrogens with one attached hydrogen (secondary N) is 1. The number of hydrogen-bond acceptors (Lipinski definition) is 4. The molecule has 0 aromatic carbocycles. The van der Waals surface area contributed by atoms with Gasteiger partial charge in [0.1, 0.15) is 0 Å². The minimum absolute atomic E-state index is 0.136. The maximum atomic E-state index is 13.3. The molecule has 5 nitrogen and oxygen atoms in total. The van der Waals surface area contributed by atoms with Crippen molar-refractivity contribution in [1.29, 1.82) is 0 Å². The first kappa shape index (κ1) is 19.2. The van der Waals surface area contributed by atoms with E-state index in [4.69, 9.17) is 0 Å². The van der Waals surface area contributed by atoms with Crippen molar-refractivity contribution in [1.82, 2.24) is 5.32 Å². The fourth-order valence-electron chi connectivity index (χ4n) is 2.56. The van der Waals surface area contributed by atoms with Crippen LogP contribution in [0.2, 0.25) is 0 Å². The highest BCUT2D eigenvalue weighted by atomic mass is 79.9. The monoisotopic (exact) mass is 461 g/mol. The molecule has 0 saturated heterocycles. The van der Waals surface area contributed by atoms with Crippen LogP contribution in [0.3, 0.4) is 0 Å². The lowest BCUT2D eigenvalue weighted by Crippen LogP contribution is -2.35. The van der Waals surface area contributed by atoms with Crippen molar-refractivity contribution in [2.45, 2.75) is 59.9 Å². The third-order valence-corrected chi connectivity index (χ3v) is 6.09. The van der Waals surface area contributed by atoms with E-state index in [1.807, 2.05) is 0 Å². The minimum atomic E-state index is -1.45. The second kappa shape index (κ2) is 7.01. The van der Waals surface area contributed by atoms with Crippen LogP contribution in [-0.2, 0) is 9.59 Å². The first-order valence-electron chi connectivity index (χ1n) is 7.44. The molecule has 0 heterocycles. The summed E-state index contributed by atoms with van der Waals surface area (Å²) in [5.41, 5.74) is 0. The first-order chi connectivity index (χ1) is 10.5. The largest absolute Gasteiger partial charge is 0.393 e. The van der Waals surface area contributed by atoms with Gasteiger partial charge in [0.15, 0.2) is 9.16 Å². The van der Waals surface area contributed by atoms with Gasteiger partial charge < -0.3 is 10.2 Å². The fraction of sp³-hybridized carbons (Fsp3) is 0.857. The molecule has 2 amide bonds. The molecule has 2 rings (SSSR count). The highest BCUT2D eigenvalue weighted by Crippen LogP contribution is 2.55. The molecule has 2 aliphatic rings. The second-order valence-electron chi connectivity index (χ2n) is 6.48. The fourth-order valence-corrected chi connectivity index (χ4v) is 3.72. The Labute approximate surface area is 149 Å². The summed E-state index contributed by atoms with van der Waals surface area (Å²) < 4.78 is 23.6. The average molecular weight is 463 g/mol. The molecular weight excluding hydrogens is 444 g/mol. The van der Waals surface area contributed by atoms with Gasteiger partial charge in [0, 0.05) is 11.8 Å². The minimum Gasteiger partial charge on any atom is -0.393 e. The summed E-state index contributed by atoms with van der Waals surface area (Å²) in [6.45, 7) is 0. The van der Waals surface area contributed by atoms with Gasteiger partial charge in [-0.3, -0.25) is 14.9 Å². The van der Waals surface area contributed by atoms with Crippen LogP contribution in [0.4, 0.5) is 8.78 Å². The lowest BCUT2D eigenvalue weighted by atomic mass is 10.1. The van der Waals surface area contributed by atoms with E-state index in [-0.39, 0.29) is 37.5 Å². The van der Waals surface area contributed by atoms with Gasteiger partial charge in [0.25, 0.3) is 0 Å². The van der Waals surface area contributed by atoms with Crippen molar-refractivity contribution < 1.29 is 28.6 Å². The number of rotatable bonds is 8. The van der Waals surface area contributed by atoms with Gasteiger partial charge in [0.05, 0.1) is 25.0 Å². The molecule has 0 bridgehead atoms. The molecule has 9 heteroatoms. The van der Waals surface area contributed by atoms with Crippen LogP contribution in [0.25, 0.3) is 0 Å². The topological polar surface area (TPSA) is 86.6 Å². The number of aliphatic hydroxyl groups is 2. The van der Waals surface area contributed by atoms with E-state index < -0.39 is 33.2 Å². The lowest BCUT2D eigenvalue weighted by molar-refractivity contribution is -0.132. The number of hydrogen-bond donors (Lipinski definition) is 3. The summed E-state index contributed by atoms with van der Waals surface area (Å²) in [5, 5.41) is 21.4. The Kier molecular flexibility index (Phi) is 5.86. The van der Waals surface area contributed by atoms with Crippen LogP contribution in [0.1, 0.15) is 38.5 Å². The Morgan fingerprint density at radius 2 is 1.30 bits per heavy atom. The molecule has 0 aromatic heterocycles. The normalized spacial score (nSPS) is 37.8. The van der Waals surface area contributed by atoms with Crippen molar-refractivity contribution in [2.75, 3.05) is 0 Å². The van der Waals surface area contributed by atoms with Gasteiger partial charge in [-0.25, -0.2) is 8.78 Å². The van der Waals surface area contributed by atoms with Crippen molar-refractivity contribution in [3.05, 3.63) is 0 Å². The summed E-state index contributed by atoms with van der Waals surface area (Å²) in [6, 6.07) is 0. The summed E-state index contributed by atoms with van der Waals surface area (Å²) >= 11 is 5.71. The molecular formula is C14H19Br2F2NO4. The third-order valence-electron chi connectivity index (χ3n) is 4.15. The highest BCUT2D eigenvalue weighted by molar-refractivity contribution is 9.10. The van der Waals surface area contributed by atoms with Crippen molar-refractivity contribution in [3.8, 4) is 0 Å². The van der Waals surface area contributed by atoms with Gasteiger partial charge in [-0.2, -0.15) is 0 Å². The molecule has 0 spiro atoms. The van der Waals surface area contributed by atoms with E-state index in [1.165, 1.54) is 0 Å². The van der Waals surface area contributed by atoms with Gasteiger partial charge in [-0.15, -0.1) is 0 Å². The first-order valence-corrected chi connectivity index (χ1v) is 9.02. The number of carbonyl (C=O) groups is 2. The Hall–Kier alpha value is -0.120. The SMILES string of the molecule is O=C(CC(O)CC1CC1(F)Br)NC(=O)CC(O)CC1CC1(F)Br. The maximum Gasteiger partial charge on any atom is 0.229 e. The summed E-state index contributed by atoms with van der Waals surface area (Å²) in [6.07, 6.45) is -1.81. The zero-order valence-corrected chi connectivity index (χ0v) is 15.4. The molecule has 3 N–H and O–H groups in total. The van der Waals surface area contributed by atoms with Gasteiger partial charge >= 0.3 is 0 Å². The highest BCUT2D eigenvalue weighted by Gasteiger charge is 2.54. The molecule has 2 aliphatic carbocycles. The Morgan fingerprint density at radius 3 is 1.57 bits per heavy atom. The van der Waals surface area contributed by atoms with E-state index in [9.17, 15) is 28.6 Å². The summed E-state index contributed by atoms with van der Waals surface area (Å²) in [5.74, 6) is -2.01. The van der Waals surface area contributed by atoms with Crippen LogP contribution in [0, 0.1) is 11.8 Å². The van der Waals surface area contributed by atoms with E-state index in [1.54, 1.807) is 0 Å². The summed E-state index contributed by atoms with van der Waals surface area (Å²) in [4.78, 5) is 23.2. The Bertz CT molecular complexity index is 447. The van der Waals surface area contributed by atoms with Gasteiger partial charge in [-0.1, -0.05) is 0 Å². The number of aliphatic hydroxyl groups excluding tert-OH is 2. The second-order valence-corrected chi connectivity index (χ2v) is 9.12. The number of alkyl halides is 4. The lowest BCUT2D eigenvalue weighted by Gasteiger charge is -2.12. The third kappa shape index (κ3) is 6.03. The number of imide groups is 1. The standard InChI is InChI=1S/C14H19Br2F2NO4/c15-13(17)5-7(13)1-9(20)3-11(22)19-12(23)4-10(21)2-8-6-14(8,16)18/h7-10,20-21H,1-6H2,(H,19,22,23). The van der Waals surface area contributed by atoms with Gasteiger partial charge in [-0.05, 0) is 57.5 Å². The predicted molar refractivity (Wildman–Crippen MR) is 85.4 cm³/mol. The molecule has 0 radical (unpaired) electrons. The number of halogens is 4. The molecule has 6 atom stereocenters. The summed E-state index contributed by atoms with van der Waals surface area (Å²) in [7, 11) is 0. The Balaban J connectivity index is 1.61. The molecule has 2 fully saturated rings. The van der Waals surface area contributed by atoms with Gasteiger partial charge in [0.2, 0.25) is 11.8 Å². The van der Waals surface area contributed by atoms with Crippen molar-refractivity contribution in [2.24, 2.45) is 11.8 Å². The van der Waals surface area contributed by atoms with Crippen molar-refractivity contribution >= 4 is 43.7 Å². The number of amides is 2. The van der Waals surface area contributed by atoms with E-state index >= 15 is 0 Å². The van der Waals surface area contributed by atoms with Crippen LogP contribution < -0.4 is 5.32 Å². The van der Waals surface area contributed by atoms with E-state index in [2.05, 4.69) is 37.2 Å². The average Bonchev–Trinajstić information content (AvgIpc) is 3.13. The van der Waals surface area contributed by atoms with Crippen LogP contribution in [0.5, 0.6) is 0 Å². The van der Waals surface area contributed by atoms with E-state index in [0.717, 1.165) is 0 Å². The van der Waals surface area contributed by atoms with E-state index in [0.29, 0.717) is 12.8 Å². The zero-order valence-electron chi connectivity index (χ0n) is 12.3. The van der Waals surface area contributed by atoms with Crippen molar-refractivity contribution in [3.63, 3.8) is 0 Å².